The van der Waals surface area contributed by atoms with Gasteiger partial charge in [0.05, 0.1) is 17.6 Å². The van der Waals surface area contributed by atoms with Crippen molar-refractivity contribution in [3.8, 4) is 5.69 Å². The molecule has 0 saturated carbocycles. The van der Waals surface area contributed by atoms with E-state index >= 15 is 0 Å². The average molecular weight is 434 g/mol. The fourth-order valence-electron chi connectivity index (χ4n) is 3.38. The zero-order valence-electron chi connectivity index (χ0n) is 17.8. The van der Waals surface area contributed by atoms with Gasteiger partial charge in [0, 0.05) is 5.69 Å². The van der Waals surface area contributed by atoms with Gasteiger partial charge < -0.3 is 10.3 Å². The molecule has 8 heteroatoms. The van der Waals surface area contributed by atoms with Crippen LogP contribution in [0.25, 0.3) is 16.7 Å². The molecule has 4 rings (SSSR count). The molecule has 0 radical (unpaired) electrons. The van der Waals surface area contributed by atoms with Crippen molar-refractivity contribution in [1.82, 2.24) is 19.7 Å². The summed E-state index contributed by atoms with van der Waals surface area (Å²) in [6, 6.07) is 11.8. The number of nitrogens with zero attached hydrogens (tertiary/aromatic N) is 3. The number of hydrogen-bond donors (Lipinski definition) is 2. The molecule has 0 saturated heterocycles. The maximum atomic E-state index is 12.5. The van der Waals surface area contributed by atoms with Gasteiger partial charge in [-0.15, -0.1) is 0 Å². The van der Waals surface area contributed by atoms with E-state index in [9.17, 15) is 9.59 Å². The van der Waals surface area contributed by atoms with E-state index in [0.29, 0.717) is 16.2 Å². The highest BCUT2D eigenvalue weighted by molar-refractivity contribution is 7.99. The van der Waals surface area contributed by atoms with E-state index in [1.165, 1.54) is 18.0 Å². The zero-order valence-corrected chi connectivity index (χ0v) is 18.6. The number of H-pyrrole nitrogens is 1. The Morgan fingerprint density at radius 1 is 1.13 bits per heavy atom. The Morgan fingerprint density at radius 2 is 1.94 bits per heavy atom. The van der Waals surface area contributed by atoms with Crippen LogP contribution in [0.4, 0.5) is 5.69 Å². The molecule has 0 aliphatic carbocycles. The second kappa shape index (κ2) is 8.39. The predicted octanol–water partition coefficient (Wildman–Crippen LogP) is 4.07. The molecule has 0 atom stereocenters. The summed E-state index contributed by atoms with van der Waals surface area (Å²) < 4.78 is 1.67. The van der Waals surface area contributed by atoms with Gasteiger partial charge in [-0.05, 0) is 56.5 Å². The summed E-state index contributed by atoms with van der Waals surface area (Å²) in [7, 11) is 0. The quantitative estimate of drug-likeness (QED) is 0.366. The van der Waals surface area contributed by atoms with Gasteiger partial charge in [-0.2, -0.15) is 5.10 Å². The third kappa shape index (κ3) is 4.25. The molecule has 0 fully saturated rings. The lowest BCUT2D eigenvalue weighted by Gasteiger charge is -2.10. The lowest BCUT2D eigenvalue weighted by atomic mass is 10.1. The molecule has 0 bridgehead atoms. The molecule has 2 aromatic heterocycles. The molecule has 0 unspecified atom stereocenters. The Morgan fingerprint density at radius 3 is 2.71 bits per heavy atom. The number of aromatic amines is 1. The molecule has 7 nitrogen and oxygen atoms in total. The molecule has 1 amide bonds. The highest BCUT2D eigenvalue weighted by Gasteiger charge is 2.15. The van der Waals surface area contributed by atoms with Crippen molar-refractivity contribution in [1.29, 1.82) is 0 Å². The Balaban J connectivity index is 1.58. The molecule has 2 N–H and O–H groups in total. The van der Waals surface area contributed by atoms with Crippen molar-refractivity contribution < 1.29 is 4.79 Å². The molecule has 0 aliphatic heterocycles. The molecular weight excluding hydrogens is 410 g/mol. The van der Waals surface area contributed by atoms with Crippen molar-refractivity contribution in [2.24, 2.45) is 0 Å². The molecule has 2 aromatic carbocycles. The summed E-state index contributed by atoms with van der Waals surface area (Å²) >= 11 is 1.18. The van der Waals surface area contributed by atoms with Crippen LogP contribution < -0.4 is 10.9 Å². The monoisotopic (exact) mass is 433 g/mol. The minimum Gasteiger partial charge on any atom is -0.325 e. The Kier molecular flexibility index (Phi) is 5.65. The number of benzene rings is 2. The zero-order chi connectivity index (χ0) is 22.1. The van der Waals surface area contributed by atoms with E-state index in [0.717, 1.165) is 33.6 Å². The second-order valence-electron chi connectivity index (χ2n) is 7.54. The topological polar surface area (TPSA) is 92.7 Å². The van der Waals surface area contributed by atoms with Crippen LogP contribution in [-0.2, 0) is 4.79 Å². The van der Waals surface area contributed by atoms with Gasteiger partial charge in [-0.1, -0.05) is 41.6 Å². The number of amides is 1. The summed E-state index contributed by atoms with van der Waals surface area (Å²) in [6.07, 6.45) is 1.52. The first-order chi connectivity index (χ1) is 14.8. The van der Waals surface area contributed by atoms with Crippen LogP contribution in [0.3, 0.4) is 0 Å². The highest BCUT2D eigenvalue weighted by Crippen LogP contribution is 2.22. The molecular formula is C23H23N5O2S. The number of hydrogen-bond acceptors (Lipinski definition) is 5. The Labute approximate surface area is 183 Å². The Hall–Kier alpha value is -3.39. The van der Waals surface area contributed by atoms with Crippen molar-refractivity contribution in [2.75, 3.05) is 11.1 Å². The van der Waals surface area contributed by atoms with E-state index in [1.807, 2.05) is 64.1 Å². The molecule has 0 spiro atoms. The number of carbonyl (C=O) groups excluding carboxylic acids is 1. The van der Waals surface area contributed by atoms with Crippen LogP contribution >= 0.6 is 11.8 Å². The van der Waals surface area contributed by atoms with Crippen LogP contribution in [0.15, 0.2) is 52.5 Å². The van der Waals surface area contributed by atoms with Crippen LogP contribution in [0, 0.1) is 27.7 Å². The minimum atomic E-state index is -0.279. The van der Waals surface area contributed by atoms with Gasteiger partial charge in [0.25, 0.3) is 5.56 Å². The summed E-state index contributed by atoms with van der Waals surface area (Å²) in [5, 5.41) is 8.07. The molecule has 31 heavy (non-hydrogen) atoms. The number of anilines is 1. The van der Waals surface area contributed by atoms with Crippen molar-refractivity contribution >= 4 is 34.4 Å². The molecule has 158 valence electrons. The third-order valence-corrected chi connectivity index (χ3v) is 6.09. The van der Waals surface area contributed by atoms with Gasteiger partial charge >= 0.3 is 0 Å². The first-order valence-corrected chi connectivity index (χ1v) is 10.9. The number of aromatic nitrogens is 4. The van der Waals surface area contributed by atoms with Gasteiger partial charge in [-0.3, -0.25) is 9.59 Å². The van der Waals surface area contributed by atoms with Crippen molar-refractivity contribution in [3.63, 3.8) is 0 Å². The van der Waals surface area contributed by atoms with Crippen LogP contribution in [0.1, 0.15) is 22.3 Å². The van der Waals surface area contributed by atoms with Gasteiger partial charge in [0.15, 0.2) is 10.8 Å². The van der Waals surface area contributed by atoms with E-state index in [2.05, 4.69) is 20.4 Å². The lowest BCUT2D eigenvalue weighted by molar-refractivity contribution is -0.113. The van der Waals surface area contributed by atoms with Crippen LogP contribution in [0.5, 0.6) is 0 Å². The summed E-state index contributed by atoms with van der Waals surface area (Å²) in [6.45, 7) is 8.01. The fraction of sp³-hybridized carbons (Fsp3) is 0.217. The summed E-state index contributed by atoms with van der Waals surface area (Å²) in [4.78, 5) is 32.3. The maximum absolute atomic E-state index is 12.5. The Bertz CT molecular complexity index is 1360. The first-order valence-electron chi connectivity index (χ1n) is 9.88. The van der Waals surface area contributed by atoms with Crippen LogP contribution in [-0.4, -0.2) is 31.4 Å². The maximum Gasteiger partial charge on any atom is 0.262 e. The predicted molar refractivity (Wildman–Crippen MR) is 124 cm³/mol. The summed E-state index contributed by atoms with van der Waals surface area (Å²) in [5.41, 5.74) is 6.18. The van der Waals surface area contributed by atoms with E-state index < -0.39 is 0 Å². The van der Waals surface area contributed by atoms with Gasteiger partial charge in [0.2, 0.25) is 5.91 Å². The molecule has 2 heterocycles. The number of carbonyl (C=O) groups is 1. The lowest BCUT2D eigenvalue weighted by Crippen LogP contribution is -2.16. The van der Waals surface area contributed by atoms with E-state index in [4.69, 9.17) is 0 Å². The largest absolute Gasteiger partial charge is 0.325 e. The SMILES string of the molecule is Cc1ccc(NC(=O)CSc2nc3c(cnn3-c3cccc(C)c3C)c(=O)[nH]2)c(C)c1. The number of thioether (sulfide) groups is 1. The minimum absolute atomic E-state index is 0.124. The van der Waals surface area contributed by atoms with Crippen molar-refractivity contribution in [2.45, 2.75) is 32.9 Å². The number of aryl methyl sites for hydroxylation is 3. The molecule has 0 aliphatic rings. The number of fused-ring (bicyclic) bond motifs is 1. The summed E-state index contributed by atoms with van der Waals surface area (Å²) in [5.74, 6) is -0.0398. The second-order valence-corrected chi connectivity index (χ2v) is 8.50. The number of rotatable bonds is 5. The highest BCUT2D eigenvalue weighted by atomic mass is 32.2. The number of nitrogens with one attached hydrogen (secondary N) is 2. The molecule has 4 aromatic rings. The van der Waals surface area contributed by atoms with Gasteiger partial charge in [-0.25, -0.2) is 9.67 Å². The third-order valence-electron chi connectivity index (χ3n) is 5.22. The van der Waals surface area contributed by atoms with Crippen molar-refractivity contribution in [3.05, 3.63) is 75.2 Å². The standard InChI is InChI=1S/C23H23N5O2S/c1-13-8-9-18(15(3)10-13)25-20(29)12-31-23-26-21-17(22(30)27-23)11-24-28(21)19-7-5-6-14(2)16(19)4/h5-11H,12H2,1-4H3,(H,25,29)(H,26,27,30). The van der Waals surface area contributed by atoms with Crippen LogP contribution in [0.2, 0.25) is 0 Å². The van der Waals surface area contributed by atoms with E-state index in [1.54, 1.807) is 4.68 Å². The smallest absolute Gasteiger partial charge is 0.262 e. The van der Waals surface area contributed by atoms with E-state index in [-0.39, 0.29) is 17.2 Å². The first kappa shape index (κ1) is 20.9. The average Bonchev–Trinajstić information content (AvgIpc) is 3.15. The normalized spacial score (nSPS) is 11.1. The fourth-order valence-corrected chi connectivity index (χ4v) is 4.04. The van der Waals surface area contributed by atoms with Gasteiger partial charge in [0.1, 0.15) is 5.39 Å².